The van der Waals surface area contributed by atoms with Gasteiger partial charge in [-0.25, -0.2) is 13.4 Å². The number of fused-ring (bicyclic) bond motifs is 1. The van der Waals surface area contributed by atoms with Gasteiger partial charge < -0.3 is 4.74 Å². The van der Waals surface area contributed by atoms with E-state index in [1.54, 1.807) is 37.4 Å². The third-order valence-corrected chi connectivity index (χ3v) is 5.93. The molecular weight excluding hydrogens is 332 g/mol. The summed E-state index contributed by atoms with van der Waals surface area (Å²) < 4.78 is 31.8. The minimum absolute atomic E-state index is 0.161. The Balaban J connectivity index is 2.82. The Morgan fingerprint density at radius 2 is 2.00 bits per heavy atom. The van der Waals surface area contributed by atoms with Crippen LogP contribution >= 0.6 is 15.9 Å². The van der Waals surface area contributed by atoms with E-state index >= 15 is 0 Å². The topological polar surface area (TPSA) is 60.7 Å². The summed E-state index contributed by atoms with van der Waals surface area (Å²) in [6.07, 6.45) is 3.15. The van der Waals surface area contributed by atoms with Gasteiger partial charge in [-0.1, -0.05) is 0 Å². The van der Waals surface area contributed by atoms with Gasteiger partial charge in [-0.2, -0.15) is 0 Å². The first-order valence-corrected chi connectivity index (χ1v) is 7.91. The smallest absolute Gasteiger partial charge is 0.188 e. The highest BCUT2D eigenvalue weighted by Gasteiger charge is 2.34. The number of aromatic nitrogens is 2. The molecule has 0 aliphatic carbocycles. The Kier molecular flexibility index (Phi) is 3.38. The van der Waals surface area contributed by atoms with E-state index in [1.165, 1.54) is 13.3 Å². The Hall–Kier alpha value is -1.08. The van der Waals surface area contributed by atoms with E-state index in [2.05, 4.69) is 20.9 Å². The second-order valence-corrected chi connectivity index (χ2v) is 8.61. The lowest BCUT2D eigenvalue weighted by molar-refractivity contribution is 0.401. The van der Waals surface area contributed by atoms with Crippen LogP contribution in [0.2, 0.25) is 0 Å². The second-order valence-electron chi connectivity index (χ2n) is 5.13. The first kappa shape index (κ1) is 14.3. The summed E-state index contributed by atoms with van der Waals surface area (Å²) in [4.78, 5) is 4.31. The predicted molar refractivity (Wildman–Crippen MR) is 76.4 cm³/mol. The minimum atomic E-state index is -3.50. The third kappa shape index (κ3) is 2.25. The Morgan fingerprint density at radius 1 is 1.37 bits per heavy atom. The molecule has 19 heavy (non-hydrogen) atoms. The number of methoxy groups -OCH3 is 1. The van der Waals surface area contributed by atoms with E-state index in [9.17, 15) is 8.42 Å². The Labute approximate surface area is 120 Å². The van der Waals surface area contributed by atoms with Crippen molar-refractivity contribution in [2.75, 3.05) is 7.11 Å². The van der Waals surface area contributed by atoms with Crippen molar-refractivity contribution in [3.05, 3.63) is 23.1 Å². The van der Waals surface area contributed by atoms with Gasteiger partial charge in [0.15, 0.2) is 9.84 Å². The molecular formula is C12H15BrN2O3S. The molecule has 0 aliphatic rings. The average Bonchev–Trinajstić information content (AvgIpc) is 2.67. The summed E-state index contributed by atoms with van der Waals surface area (Å²) in [7, 11) is -2.05. The molecule has 0 bridgehead atoms. The lowest BCUT2D eigenvalue weighted by Gasteiger charge is -2.21. The molecule has 7 heteroatoms. The van der Waals surface area contributed by atoms with Crippen LogP contribution in [-0.2, 0) is 9.84 Å². The summed E-state index contributed by atoms with van der Waals surface area (Å²) in [6.45, 7) is 4.98. The number of halogens is 1. The molecule has 0 radical (unpaired) electrons. The number of rotatable bonds is 2. The monoisotopic (exact) mass is 346 g/mol. The van der Waals surface area contributed by atoms with Crippen LogP contribution < -0.4 is 4.74 Å². The van der Waals surface area contributed by atoms with Crippen molar-refractivity contribution in [3.8, 4) is 5.75 Å². The summed E-state index contributed by atoms with van der Waals surface area (Å²) in [6, 6.07) is 1.61. The molecule has 2 rings (SSSR count). The lowest BCUT2D eigenvalue weighted by atomic mass is 10.3. The number of pyridine rings is 1. The van der Waals surface area contributed by atoms with E-state index in [0.717, 1.165) is 0 Å². The molecule has 0 unspecified atom stereocenters. The van der Waals surface area contributed by atoms with Crippen LogP contribution in [-0.4, -0.2) is 29.7 Å². The minimum Gasteiger partial charge on any atom is -0.495 e. The molecule has 0 atom stereocenters. The molecule has 0 fully saturated rings. The summed E-state index contributed by atoms with van der Waals surface area (Å²) in [5.74, 6) is 0.306. The molecule has 0 saturated carbocycles. The summed E-state index contributed by atoms with van der Waals surface area (Å²) in [5.41, 5.74) is 0.622. The lowest BCUT2D eigenvalue weighted by Crippen LogP contribution is -2.28. The fraction of sp³-hybridized carbons (Fsp3) is 0.417. The molecule has 0 amide bonds. The standard InChI is InChI=1S/C12H15BrN2O3S/c1-12(2,3)19(16,17)9-7-15-10(13)6-14-11(15)5-8(9)18-4/h5-7H,1-4H3. The van der Waals surface area contributed by atoms with Crippen LogP contribution in [0.4, 0.5) is 0 Å². The number of hydrogen-bond acceptors (Lipinski definition) is 4. The van der Waals surface area contributed by atoms with E-state index in [1.807, 2.05) is 0 Å². The van der Waals surface area contributed by atoms with Crippen LogP contribution in [0, 0.1) is 0 Å². The fourth-order valence-corrected chi connectivity index (χ4v) is 3.35. The normalized spacial score (nSPS) is 12.9. The highest BCUT2D eigenvalue weighted by Crippen LogP contribution is 2.33. The van der Waals surface area contributed by atoms with Crippen molar-refractivity contribution >= 4 is 31.4 Å². The first-order chi connectivity index (χ1) is 8.68. The highest BCUT2D eigenvalue weighted by atomic mass is 79.9. The molecule has 0 spiro atoms. The summed E-state index contributed by atoms with van der Waals surface area (Å²) in [5, 5.41) is 0. The van der Waals surface area contributed by atoms with Gasteiger partial charge in [-0.3, -0.25) is 4.40 Å². The largest absolute Gasteiger partial charge is 0.495 e. The maximum absolute atomic E-state index is 12.6. The van der Waals surface area contributed by atoms with Gasteiger partial charge in [-0.15, -0.1) is 0 Å². The second kappa shape index (κ2) is 4.49. The third-order valence-electron chi connectivity index (χ3n) is 2.85. The van der Waals surface area contributed by atoms with Gasteiger partial charge in [0.1, 0.15) is 20.9 Å². The van der Waals surface area contributed by atoms with Crippen molar-refractivity contribution < 1.29 is 13.2 Å². The van der Waals surface area contributed by atoms with Crippen LogP contribution in [0.1, 0.15) is 20.8 Å². The maximum Gasteiger partial charge on any atom is 0.188 e. The van der Waals surface area contributed by atoms with Crippen LogP contribution in [0.15, 0.2) is 28.0 Å². The van der Waals surface area contributed by atoms with Crippen molar-refractivity contribution in [2.24, 2.45) is 0 Å². The number of hydrogen-bond donors (Lipinski definition) is 0. The fourth-order valence-electron chi connectivity index (χ4n) is 1.65. The quantitative estimate of drug-likeness (QED) is 0.838. The van der Waals surface area contributed by atoms with Gasteiger partial charge in [0, 0.05) is 12.3 Å². The SMILES string of the molecule is COc1cc2ncc(Br)n2cc1S(=O)(=O)C(C)(C)C. The van der Waals surface area contributed by atoms with Gasteiger partial charge in [-0.05, 0) is 36.7 Å². The molecule has 0 saturated heterocycles. The Bertz CT molecular complexity index is 729. The van der Waals surface area contributed by atoms with Gasteiger partial charge in [0.25, 0.3) is 0 Å². The molecule has 0 aliphatic heterocycles. The van der Waals surface area contributed by atoms with E-state index in [-0.39, 0.29) is 4.90 Å². The zero-order valence-electron chi connectivity index (χ0n) is 11.1. The van der Waals surface area contributed by atoms with Crippen LogP contribution in [0.25, 0.3) is 5.65 Å². The zero-order valence-corrected chi connectivity index (χ0v) is 13.5. The predicted octanol–water partition coefficient (Wildman–Crippen LogP) is 2.68. The molecule has 0 aromatic carbocycles. The number of ether oxygens (including phenoxy) is 1. The van der Waals surface area contributed by atoms with E-state index in [4.69, 9.17) is 4.74 Å². The average molecular weight is 347 g/mol. The number of nitrogens with zero attached hydrogens (tertiary/aromatic N) is 2. The van der Waals surface area contributed by atoms with E-state index in [0.29, 0.717) is 16.0 Å². The van der Waals surface area contributed by atoms with E-state index < -0.39 is 14.6 Å². The molecule has 5 nitrogen and oxygen atoms in total. The molecule has 2 aromatic heterocycles. The van der Waals surface area contributed by atoms with Gasteiger partial charge in [0.2, 0.25) is 0 Å². The van der Waals surface area contributed by atoms with Crippen LogP contribution in [0.5, 0.6) is 5.75 Å². The van der Waals surface area contributed by atoms with Crippen molar-refractivity contribution in [1.82, 2.24) is 9.38 Å². The van der Waals surface area contributed by atoms with Gasteiger partial charge in [0.05, 0.1) is 18.1 Å². The highest BCUT2D eigenvalue weighted by molar-refractivity contribution is 9.10. The van der Waals surface area contributed by atoms with Crippen molar-refractivity contribution in [1.29, 1.82) is 0 Å². The number of imidazole rings is 1. The molecule has 0 N–H and O–H groups in total. The number of sulfone groups is 1. The molecule has 104 valence electrons. The van der Waals surface area contributed by atoms with Crippen LogP contribution in [0.3, 0.4) is 0 Å². The first-order valence-electron chi connectivity index (χ1n) is 5.63. The molecule has 2 aromatic rings. The van der Waals surface area contributed by atoms with Crippen molar-refractivity contribution in [3.63, 3.8) is 0 Å². The maximum atomic E-state index is 12.6. The molecule has 2 heterocycles. The summed E-state index contributed by atoms with van der Waals surface area (Å²) >= 11 is 3.33. The van der Waals surface area contributed by atoms with Gasteiger partial charge >= 0.3 is 0 Å². The van der Waals surface area contributed by atoms with Crippen molar-refractivity contribution in [2.45, 2.75) is 30.4 Å². The zero-order chi connectivity index (χ0) is 14.4. The Morgan fingerprint density at radius 3 is 2.53 bits per heavy atom.